The van der Waals surface area contributed by atoms with Crippen molar-refractivity contribution in [3.63, 3.8) is 0 Å². The highest BCUT2D eigenvalue weighted by Gasteiger charge is 2.11. The summed E-state index contributed by atoms with van der Waals surface area (Å²) in [7, 11) is 0. The van der Waals surface area contributed by atoms with Crippen molar-refractivity contribution in [1.82, 2.24) is 15.0 Å². The van der Waals surface area contributed by atoms with E-state index in [9.17, 15) is 4.79 Å². The normalized spacial score (nSPS) is 10.8. The lowest BCUT2D eigenvalue weighted by atomic mass is 10.3. The zero-order valence-corrected chi connectivity index (χ0v) is 12.3. The lowest BCUT2D eigenvalue weighted by Gasteiger charge is -2.00. The number of para-hydroxylation sites is 2. The Balaban J connectivity index is 1.75. The van der Waals surface area contributed by atoms with E-state index in [1.54, 1.807) is 0 Å². The van der Waals surface area contributed by atoms with E-state index in [1.165, 1.54) is 11.3 Å². The highest BCUT2D eigenvalue weighted by molar-refractivity contribution is 7.73. The van der Waals surface area contributed by atoms with Crippen LogP contribution in [0.2, 0.25) is 0 Å². The van der Waals surface area contributed by atoms with Gasteiger partial charge in [-0.1, -0.05) is 12.1 Å². The van der Waals surface area contributed by atoms with E-state index in [0.29, 0.717) is 16.3 Å². The Bertz CT molecular complexity index is 797. The number of carbonyl (C=O) groups is 1. The van der Waals surface area contributed by atoms with Crippen LogP contribution < -0.4 is 5.32 Å². The number of aromatic nitrogens is 3. The lowest BCUT2D eigenvalue weighted by molar-refractivity contribution is -0.115. The van der Waals surface area contributed by atoms with Crippen LogP contribution in [-0.2, 0) is 11.2 Å². The predicted molar refractivity (Wildman–Crippen MR) is 82.7 cm³/mol. The van der Waals surface area contributed by atoms with E-state index in [2.05, 4.69) is 20.3 Å². The number of anilines is 1. The molecule has 0 aliphatic carbocycles. The number of imidazole rings is 1. The molecule has 3 N–H and O–H groups in total. The second kappa shape index (κ2) is 5.18. The predicted octanol–water partition coefficient (Wildman–Crippen LogP) is 3.17. The average molecular weight is 304 g/mol. The molecule has 3 aromatic rings. The Labute approximate surface area is 124 Å². The van der Waals surface area contributed by atoms with Gasteiger partial charge in [-0.15, -0.1) is 11.3 Å². The molecule has 0 aliphatic rings. The molecular formula is C13H12N4OS2. The molecule has 0 unspecified atom stereocenters. The Morgan fingerprint density at radius 3 is 2.90 bits per heavy atom. The molecule has 1 aromatic carbocycles. The first-order chi connectivity index (χ1) is 9.61. The van der Waals surface area contributed by atoms with Gasteiger partial charge in [0.25, 0.3) is 0 Å². The van der Waals surface area contributed by atoms with Gasteiger partial charge in [0.1, 0.15) is 0 Å². The molecule has 0 bridgehead atoms. The van der Waals surface area contributed by atoms with Crippen LogP contribution in [0.1, 0.15) is 10.6 Å². The number of aryl methyl sites for hydroxylation is 1. The van der Waals surface area contributed by atoms with E-state index in [1.807, 2.05) is 31.2 Å². The highest BCUT2D eigenvalue weighted by atomic mass is 32.1. The van der Waals surface area contributed by atoms with Crippen molar-refractivity contribution < 1.29 is 4.79 Å². The SMILES string of the molecule is Cc1[nH]c(=S)sc1CC(=O)Nc1nc2ccccc2[nH]1. The monoisotopic (exact) mass is 304 g/mol. The first-order valence-electron chi connectivity index (χ1n) is 6.05. The number of nitrogens with zero attached hydrogens (tertiary/aromatic N) is 1. The minimum Gasteiger partial charge on any atom is -0.341 e. The number of hydrogen-bond acceptors (Lipinski definition) is 4. The minimum absolute atomic E-state index is 0.114. The third-order valence-electron chi connectivity index (χ3n) is 2.89. The van der Waals surface area contributed by atoms with E-state index < -0.39 is 0 Å². The van der Waals surface area contributed by atoms with E-state index in [-0.39, 0.29) is 5.91 Å². The van der Waals surface area contributed by atoms with Crippen LogP contribution in [0.3, 0.4) is 0 Å². The number of H-pyrrole nitrogens is 2. The Morgan fingerprint density at radius 2 is 2.20 bits per heavy atom. The summed E-state index contributed by atoms with van der Waals surface area (Å²) in [5.74, 6) is 0.352. The van der Waals surface area contributed by atoms with Crippen molar-refractivity contribution >= 4 is 46.4 Å². The fourth-order valence-electron chi connectivity index (χ4n) is 1.94. The van der Waals surface area contributed by atoms with Crippen LogP contribution in [0.5, 0.6) is 0 Å². The topological polar surface area (TPSA) is 73.6 Å². The number of carbonyl (C=O) groups excluding carboxylic acids is 1. The van der Waals surface area contributed by atoms with E-state index in [0.717, 1.165) is 21.6 Å². The van der Waals surface area contributed by atoms with Crippen LogP contribution in [0, 0.1) is 10.9 Å². The number of hydrogen-bond donors (Lipinski definition) is 3. The van der Waals surface area contributed by atoms with E-state index in [4.69, 9.17) is 12.2 Å². The van der Waals surface area contributed by atoms with Crippen LogP contribution in [0.15, 0.2) is 24.3 Å². The third-order valence-corrected chi connectivity index (χ3v) is 4.23. The van der Waals surface area contributed by atoms with Crippen LogP contribution in [-0.4, -0.2) is 20.9 Å². The van der Waals surface area contributed by atoms with Crippen molar-refractivity contribution in [3.05, 3.63) is 38.8 Å². The quantitative estimate of drug-likeness (QED) is 0.651. The second-order valence-corrected chi connectivity index (χ2v) is 6.16. The van der Waals surface area contributed by atoms with Crippen LogP contribution in [0.25, 0.3) is 11.0 Å². The van der Waals surface area contributed by atoms with Crippen molar-refractivity contribution in [2.24, 2.45) is 0 Å². The van der Waals surface area contributed by atoms with Gasteiger partial charge in [0.05, 0.1) is 17.5 Å². The van der Waals surface area contributed by atoms with Crippen molar-refractivity contribution in [3.8, 4) is 0 Å². The molecule has 0 spiro atoms. The lowest BCUT2D eigenvalue weighted by Crippen LogP contribution is -2.15. The molecule has 0 radical (unpaired) electrons. The molecule has 2 aromatic heterocycles. The Kier molecular flexibility index (Phi) is 3.37. The number of benzene rings is 1. The zero-order chi connectivity index (χ0) is 14.1. The van der Waals surface area contributed by atoms with Gasteiger partial charge in [0.2, 0.25) is 11.9 Å². The Hall–Kier alpha value is -1.99. The van der Waals surface area contributed by atoms with Crippen molar-refractivity contribution in [1.29, 1.82) is 0 Å². The van der Waals surface area contributed by atoms with Crippen molar-refractivity contribution in [2.45, 2.75) is 13.3 Å². The summed E-state index contributed by atoms with van der Waals surface area (Å²) < 4.78 is 0.689. The van der Waals surface area contributed by atoms with Gasteiger partial charge in [-0.05, 0) is 31.3 Å². The summed E-state index contributed by atoms with van der Waals surface area (Å²) in [6, 6.07) is 7.63. The van der Waals surface area contributed by atoms with Crippen LogP contribution >= 0.6 is 23.6 Å². The zero-order valence-electron chi connectivity index (χ0n) is 10.7. The number of aromatic amines is 2. The third kappa shape index (κ3) is 2.63. The fourth-order valence-corrected chi connectivity index (χ4v) is 3.23. The number of nitrogens with one attached hydrogen (secondary N) is 3. The number of thiazole rings is 1. The summed E-state index contributed by atoms with van der Waals surface area (Å²) in [6.07, 6.45) is 0.292. The summed E-state index contributed by atoms with van der Waals surface area (Å²) >= 11 is 6.49. The van der Waals surface area contributed by atoms with Gasteiger partial charge < -0.3 is 9.97 Å². The molecule has 0 saturated heterocycles. The standard InChI is InChI=1S/C13H12N4OS2/c1-7-10(20-13(19)14-7)6-11(18)17-12-15-8-4-2-3-5-9(8)16-12/h2-5H,6H2,1H3,(H,14,19)(H2,15,16,17,18). The smallest absolute Gasteiger partial charge is 0.232 e. The molecule has 0 fully saturated rings. The largest absolute Gasteiger partial charge is 0.341 e. The molecule has 20 heavy (non-hydrogen) atoms. The highest BCUT2D eigenvalue weighted by Crippen LogP contribution is 2.17. The first-order valence-corrected chi connectivity index (χ1v) is 7.27. The molecule has 0 aliphatic heterocycles. The van der Waals surface area contributed by atoms with Gasteiger partial charge in [0.15, 0.2) is 3.95 Å². The van der Waals surface area contributed by atoms with Gasteiger partial charge >= 0.3 is 0 Å². The average Bonchev–Trinajstić information content (AvgIpc) is 2.92. The molecule has 2 heterocycles. The fraction of sp³-hybridized carbons (Fsp3) is 0.154. The molecule has 3 rings (SSSR count). The summed E-state index contributed by atoms with van der Waals surface area (Å²) in [6.45, 7) is 1.91. The summed E-state index contributed by atoms with van der Waals surface area (Å²) in [5, 5.41) is 2.77. The number of fused-ring (bicyclic) bond motifs is 1. The number of rotatable bonds is 3. The maximum Gasteiger partial charge on any atom is 0.232 e. The van der Waals surface area contributed by atoms with Crippen molar-refractivity contribution in [2.75, 3.05) is 5.32 Å². The molecule has 102 valence electrons. The maximum absolute atomic E-state index is 12.0. The molecule has 1 amide bonds. The summed E-state index contributed by atoms with van der Waals surface area (Å²) in [4.78, 5) is 23.4. The van der Waals surface area contributed by atoms with Gasteiger partial charge in [-0.2, -0.15) is 0 Å². The first kappa shape index (κ1) is 13.0. The maximum atomic E-state index is 12.0. The van der Waals surface area contributed by atoms with E-state index >= 15 is 0 Å². The van der Waals surface area contributed by atoms with Crippen LogP contribution in [0.4, 0.5) is 5.95 Å². The summed E-state index contributed by atoms with van der Waals surface area (Å²) in [5.41, 5.74) is 2.67. The molecule has 7 heteroatoms. The molecular weight excluding hydrogens is 292 g/mol. The minimum atomic E-state index is -0.114. The molecule has 5 nitrogen and oxygen atoms in total. The number of amides is 1. The van der Waals surface area contributed by atoms with Gasteiger partial charge in [-0.3, -0.25) is 10.1 Å². The molecule has 0 saturated carbocycles. The second-order valence-electron chi connectivity index (χ2n) is 4.39. The van der Waals surface area contributed by atoms with Gasteiger partial charge in [0, 0.05) is 10.6 Å². The Morgan fingerprint density at radius 1 is 1.40 bits per heavy atom. The van der Waals surface area contributed by atoms with Gasteiger partial charge in [-0.25, -0.2) is 4.98 Å². The molecule has 0 atom stereocenters.